The minimum Gasteiger partial charge on any atom is -0.479 e. The lowest BCUT2D eigenvalue weighted by Gasteiger charge is -2.13. The van der Waals surface area contributed by atoms with Gasteiger partial charge < -0.3 is 21.3 Å². The molecule has 1 aromatic carbocycles. The smallest absolute Gasteiger partial charge is 0.375 e. The van der Waals surface area contributed by atoms with E-state index in [0.717, 1.165) is 0 Å². The monoisotopic (exact) mass is 238 g/mol. The molecular formula is C10H10N2O5. The van der Waals surface area contributed by atoms with Gasteiger partial charge in [-0.1, -0.05) is 12.1 Å². The van der Waals surface area contributed by atoms with E-state index in [1.807, 2.05) is 0 Å². The van der Waals surface area contributed by atoms with Gasteiger partial charge in [-0.25, -0.2) is 9.59 Å². The number of Topliss-reactive ketones (excluding diaryl/α,β-unsaturated/α-hetero) is 1. The van der Waals surface area contributed by atoms with Crippen molar-refractivity contribution in [3.8, 4) is 0 Å². The Bertz CT molecular complexity index is 472. The van der Waals surface area contributed by atoms with Gasteiger partial charge in [-0.3, -0.25) is 4.79 Å². The number of nitrogen functional groups attached to an aromatic ring is 1. The van der Waals surface area contributed by atoms with E-state index < -0.39 is 23.8 Å². The average Bonchev–Trinajstić information content (AvgIpc) is 2.26. The van der Waals surface area contributed by atoms with Crippen molar-refractivity contribution in [3.05, 3.63) is 24.3 Å². The highest BCUT2D eigenvalue weighted by Crippen LogP contribution is 2.18. The van der Waals surface area contributed by atoms with Crippen LogP contribution in [0.5, 0.6) is 0 Å². The van der Waals surface area contributed by atoms with E-state index >= 15 is 0 Å². The minimum absolute atomic E-state index is 0.189. The lowest BCUT2D eigenvalue weighted by Crippen LogP contribution is -2.41. The van der Waals surface area contributed by atoms with Gasteiger partial charge in [0, 0.05) is 0 Å². The molecule has 17 heavy (non-hydrogen) atoms. The van der Waals surface area contributed by atoms with Crippen molar-refractivity contribution in [2.75, 3.05) is 11.1 Å². The standard InChI is InChI=1S/C10H10N2O5/c11-5-3-1-2-4-6(5)12-7(9(14)15)8(13)10(16)17/h1-4,7,12H,11H2,(H,14,15)(H,16,17)/t7-/m0/s1. The summed E-state index contributed by atoms with van der Waals surface area (Å²) in [5.74, 6) is -4.86. The third-order valence-corrected chi connectivity index (χ3v) is 1.98. The number of rotatable bonds is 5. The molecule has 0 heterocycles. The van der Waals surface area contributed by atoms with Gasteiger partial charge in [-0.2, -0.15) is 0 Å². The summed E-state index contributed by atoms with van der Waals surface area (Å²) in [4.78, 5) is 32.3. The van der Waals surface area contributed by atoms with E-state index in [1.165, 1.54) is 12.1 Å². The van der Waals surface area contributed by atoms with Crippen molar-refractivity contribution >= 4 is 29.1 Å². The first kappa shape index (κ1) is 12.5. The zero-order valence-corrected chi connectivity index (χ0v) is 8.58. The van der Waals surface area contributed by atoms with Crippen molar-refractivity contribution in [2.24, 2.45) is 0 Å². The fourth-order valence-electron chi connectivity index (χ4n) is 1.15. The minimum atomic E-state index is -1.86. The fraction of sp³-hybridized carbons (Fsp3) is 0.100. The highest BCUT2D eigenvalue weighted by Gasteiger charge is 2.31. The van der Waals surface area contributed by atoms with Crippen LogP contribution in [-0.4, -0.2) is 34.0 Å². The van der Waals surface area contributed by atoms with Gasteiger partial charge >= 0.3 is 11.9 Å². The molecule has 0 spiro atoms. The van der Waals surface area contributed by atoms with Crippen LogP contribution < -0.4 is 11.1 Å². The summed E-state index contributed by atoms with van der Waals surface area (Å²) >= 11 is 0. The lowest BCUT2D eigenvalue weighted by atomic mass is 10.1. The number of ketones is 1. The van der Waals surface area contributed by atoms with Gasteiger partial charge in [0.1, 0.15) is 0 Å². The second kappa shape index (κ2) is 4.97. The van der Waals surface area contributed by atoms with Gasteiger partial charge in [0.2, 0.25) is 0 Å². The molecule has 0 amide bonds. The molecule has 0 bridgehead atoms. The zero-order chi connectivity index (χ0) is 13.0. The first-order valence-corrected chi connectivity index (χ1v) is 4.54. The largest absolute Gasteiger partial charge is 0.479 e. The van der Waals surface area contributed by atoms with Crippen molar-refractivity contribution in [1.29, 1.82) is 0 Å². The van der Waals surface area contributed by atoms with Gasteiger partial charge in [-0.15, -0.1) is 0 Å². The van der Waals surface area contributed by atoms with E-state index in [9.17, 15) is 14.4 Å². The molecular weight excluding hydrogens is 228 g/mol. The highest BCUT2D eigenvalue weighted by atomic mass is 16.4. The quantitative estimate of drug-likeness (QED) is 0.317. The molecule has 0 aliphatic heterocycles. The zero-order valence-electron chi connectivity index (χ0n) is 8.58. The normalized spacial score (nSPS) is 11.5. The molecule has 5 N–H and O–H groups in total. The molecule has 0 fully saturated rings. The molecule has 1 atom stereocenters. The van der Waals surface area contributed by atoms with Crippen LogP contribution in [0.25, 0.3) is 0 Å². The molecule has 7 nitrogen and oxygen atoms in total. The maximum absolute atomic E-state index is 11.1. The Labute approximate surface area is 95.9 Å². The Hall–Kier alpha value is -2.57. The van der Waals surface area contributed by atoms with Crippen LogP contribution in [-0.2, 0) is 14.4 Å². The van der Waals surface area contributed by atoms with Crippen LogP contribution in [0.1, 0.15) is 0 Å². The molecule has 0 aliphatic carbocycles. The summed E-state index contributed by atoms with van der Waals surface area (Å²) in [6, 6.07) is 4.27. The number of benzene rings is 1. The number of carbonyl (C=O) groups excluding carboxylic acids is 1. The number of carboxylic acid groups (broad SMARTS) is 2. The Kier molecular flexibility index (Phi) is 3.66. The van der Waals surface area contributed by atoms with Gasteiger partial charge in [0.05, 0.1) is 11.4 Å². The summed E-state index contributed by atoms with van der Waals surface area (Å²) < 4.78 is 0. The van der Waals surface area contributed by atoms with E-state index in [4.69, 9.17) is 15.9 Å². The van der Waals surface area contributed by atoms with Crippen molar-refractivity contribution in [3.63, 3.8) is 0 Å². The molecule has 90 valence electrons. The van der Waals surface area contributed by atoms with Crippen molar-refractivity contribution in [1.82, 2.24) is 0 Å². The molecule has 0 unspecified atom stereocenters. The summed E-state index contributed by atoms with van der Waals surface area (Å²) in [5.41, 5.74) is 5.94. The predicted molar refractivity (Wildman–Crippen MR) is 58.5 cm³/mol. The highest BCUT2D eigenvalue weighted by molar-refractivity contribution is 6.39. The molecule has 7 heteroatoms. The number of hydrogen-bond acceptors (Lipinski definition) is 5. The molecule has 1 aromatic rings. The van der Waals surface area contributed by atoms with Crippen LogP contribution in [0.3, 0.4) is 0 Å². The number of carboxylic acids is 2. The molecule has 0 radical (unpaired) electrons. The first-order valence-electron chi connectivity index (χ1n) is 4.54. The number of nitrogens with two attached hydrogens (primary N) is 1. The molecule has 0 saturated carbocycles. The number of para-hydroxylation sites is 2. The maximum atomic E-state index is 11.1. The first-order chi connectivity index (χ1) is 7.93. The van der Waals surface area contributed by atoms with E-state index in [-0.39, 0.29) is 11.4 Å². The summed E-state index contributed by atoms with van der Waals surface area (Å²) in [6.45, 7) is 0. The lowest BCUT2D eigenvalue weighted by molar-refractivity contribution is -0.153. The Morgan fingerprint density at radius 3 is 2.24 bits per heavy atom. The molecule has 0 aliphatic rings. The third kappa shape index (κ3) is 2.94. The van der Waals surface area contributed by atoms with Gasteiger partial charge in [-0.05, 0) is 12.1 Å². The van der Waals surface area contributed by atoms with E-state index in [2.05, 4.69) is 5.32 Å². The maximum Gasteiger partial charge on any atom is 0.375 e. The second-order valence-corrected chi connectivity index (χ2v) is 3.17. The van der Waals surface area contributed by atoms with Crippen LogP contribution in [0.15, 0.2) is 24.3 Å². The fourth-order valence-corrected chi connectivity index (χ4v) is 1.15. The third-order valence-electron chi connectivity index (χ3n) is 1.98. The van der Waals surface area contributed by atoms with Gasteiger partial charge in [0.15, 0.2) is 6.04 Å². The summed E-state index contributed by atoms with van der Waals surface area (Å²) in [5, 5.41) is 19.5. The Morgan fingerprint density at radius 1 is 1.18 bits per heavy atom. The van der Waals surface area contributed by atoms with Gasteiger partial charge in [0.25, 0.3) is 5.78 Å². The number of hydrogen-bond donors (Lipinski definition) is 4. The van der Waals surface area contributed by atoms with E-state index in [0.29, 0.717) is 0 Å². The molecule has 1 rings (SSSR count). The second-order valence-electron chi connectivity index (χ2n) is 3.17. The van der Waals surface area contributed by atoms with Crippen LogP contribution >= 0.6 is 0 Å². The Balaban J connectivity index is 2.96. The number of nitrogens with one attached hydrogen (secondary N) is 1. The SMILES string of the molecule is Nc1ccccc1N[C@H](C(=O)O)C(=O)C(=O)O. The van der Waals surface area contributed by atoms with E-state index in [1.54, 1.807) is 12.1 Å². The van der Waals surface area contributed by atoms with Crippen LogP contribution in [0.2, 0.25) is 0 Å². The summed E-state index contributed by atoms with van der Waals surface area (Å²) in [7, 11) is 0. The van der Waals surface area contributed by atoms with Crippen molar-refractivity contribution < 1.29 is 24.6 Å². The number of anilines is 2. The average molecular weight is 238 g/mol. The Morgan fingerprint density at radius 2 is 1.76 bits per heavy atom. The summed E-state index contributed by atoms with van der Waals surface area (Å²) in [6.07, 6.45) is 0. The van der Waals surface area contributed by atoms with Crippen LogP contribution in [0, 0.1) is 0 Å². The molecule has 0 aromatic heterocycles. The number of aliphatic carboxylic acids is 2. The van der Waals surface area contributed by atoms with Crippen molar-refractivity contribution in [2.45, 2.75) is 6.04 Å². The molecule has 0 saturated heterocycles. The number of carbonyl (C=O) groups is 3. The van der Waals surface area contributed by atoms with Crippen LogP contribution in [0.4, 0.5) is 11.4 Å². The topological polar surface area (TPSA) is 130 Å². The predicted octanol–water partition coefficient (Wildman–Crippen LogP) is -0.212.